The van der Waals surface area contributed by atoms with Crippen LogP contribution in [0.15, 0.2) is 42.5 Å². The molecule has 7 heteroatoms. The van der Waals surface area contributed by atoms with Crippen molar-refractivity contribution in [2.24, 2.45) is 17.8 Å². The highest BCUT2D eigenvalue weighted by Crippen LogP contribution is 2.35. The van der Waals surface area contributed by atoms with Crippen molar-refractivity contribution in [2.75, 3.05) is 6.61 Å². The maximum Gasteiger partial charge on any atom is 0.416 e. The standard InChI is InChI=1S/C25H33NO6/c1-16(22(28)20-12-8-11-18(20)14-21(27)32-25(2,3)4)23(29)26-19(15-31-24(26)30)13-17-9-6-5-7-10-17/h5-11,16,18-20,22,28H,12-15H2,1-4H3/t16-,18+,19-,20+,22-/m0/s1. The van der Waals surface area contributed by atoms with Gasteiger partial charge in [0.1, 0.15) is 12.2 Å². The minimum absolute atomic E-state index is 0.133. The molecule has 174 valence electrons. The summed E-state index contributed by atoms with van der Waals surface area (Å²) >= 11 is 0. The number of rotatable bonds is 7. The molecule has 5 atom stereocenters. The Balaban J connectivity index is 1.65. The number of nitrogens with zero attached hydrogens (tertiary/aromatic N) is 1. The maximum absolute atomic E-state index is 13.2. The lowest BCUT2D eigenvalue weighted by Gasteiger charge is -2.31. The molecule has 0 unspecified atom stereocenters. The molecule has 1 saturated heterocycles. The third-order valence-electron chi connectivity index (χ3n) is 6.02. The molecule has 1 aromatic rings. The number of hydrogen-bond donors (Lipinski definition) is 1. The van der Waals surface area contributed by atoms with Crippen LogP contribution in [-0.2, 0) is 25.5 Å². The van der Waals surface area contributed by atoms with Crippen LogP contribution in [0.25, 0.3) is 0 Å². The Morgan fingerprint density at radius 1 is 1.25 bits per heavy atom. The molecule has 0 saturated carbocycles. The van der Waals surface area contributed by atoms with Crippen molar-refractivity contribution in [3.05, 3.63) is 48.0 Å². The van der Waals surface area contributed by atoms with E-state index in [1.807, 2.05) is 63.3 Å². The first-order chi connectivity index (χ1) is 15.1. The molecule has 3 rings (SSSR count). The van der Waals surface area contributed by atoms with E-state index in [-0.39, 0.29) is 30.8 Å². The van der Waals surface area contributed by atoms with Crippen LogP contribution in [0.2, 0.25) is 0 Å². The highest BCUT2D eigenvalue weighted by atomic mass is 16.6. The molecule has 2 amide bonds. The Labute approximate surface area is 189 Å². The molecule has 1 heterocycles. The van der Waals surface area contributed by atoms with Gasteiger partial charge in [-0.05, 0) is 51.0 Å². The molecule has 2 aliphatic rings. The van der Waals surface area contributed by atoms with Gasteiger partial charge in [0.2, 0.25) is 5.91 Å². The molecule has 1 N–H and O–H groups in total. The van der Waals surface area contributed by atoms with Crippen molar-refractivity contribution in [1.29, 1.82) is 0 Å². The molecule has 7 nitrogen and oxygen atoms in total. The van der Waals surface area contributed by atoms with Crippen LogP contribution < -0.4 is 0 Å². The SMILES string of the molecule is C[C@H](C(=O)N1C(=O)OC[C@@H]1Cc1ccccc1)[C@H](O)[C@@H]1CC=C[C@@H]1CC(=O)OC(C)(C)C. The molecule has 0 bridgehead atoms. The second kappa shape index (κ2) is 9.86. The lowest BCUT2D eigenvalue weighted by molar-refractivity contribution is -0.156. The van der Waals surface area contributed by atoms with E-state index in [9.17, 15) is 19.5 Å². The fraction of sp³-hybridized carbons (Fsp3) is 0.560. The third-order valence-corrected chi connectivity index (χ3v) is 6.02. The smallest absolute Gasteiger partial charge is 0.416 e. The number of benzene rings is 1. The first-order valence-corrected chi connectivity index (χ1v) is 11.2. The summed E-state index contributed by atoms with van der Waals surface area (Å²) in [6.45, 7) is 7.19. The van der Waals surface area contributed by atoms with Gasteiger partial charge in [0.15, 0.2) is 0 Å². The first kappa shape index (κ1) is 24.0. The zero-order valence-electron chi connectivity index (χ0n) is 19.2. The van der Waals surface area contributed by atoms with Gasteiger partial charge in [-0.25, -0.2) is 9.69 Å². The van der Waals surface area contributed by atoms with Gasteiger partial charge in [0.25, 0.3) is 0 Å². The van der Waals surface area contributed by atoms with Crippen molar-refractivity contribution < 1.29 is 29.0 Å². The minimum atomic E-state index is -1.00. The number of amides is 2. The summed E-state index contributed by atoms with van der Waals surface area (Å²) in [4.78, 5) is 39.0. The van der Waals surface area contributed by atoms with Gasteiger partial charge in [-0.15, -0.1) is 0 Å². The van der Waals surface area contributed by atoms with E-state index >= 15 is 0 Å². The molecule has 1 fully saturated rings. The Kier molecular flexibility index (Phi) is 7.39. The number of cyclic esters (lactones) is 1. The average molecular weight is 444 g/mol. The van der Waals surface area contributed by atoms with E-state index in [0.717, 1.165) is 10.5 Å². The zero-order valence-corrected chi connectivity index (χ0v) is 19.2. The lowest BCUT2D eigenvalue weighted by atomic mass is 9.82. The number of carbonyl (C=O) groups is 3. The van der Waals surface area contributed by atoms with Crippen molar-refractivity contribution in [2.45, 2.75) is 64.7 Å². The van der Waals surface area contributed by atoms with Crippen LogP contribution in [0.1, 0.15) is 46.1 Å². The number of imide groups is 1. The summed E-state index contributed by atoms with van der Waals surface area (Å²) in [5.41, 5.74) is 0.417. The van der Waals surface area contributed by atoms with Gasteiger partial charge in [0.05, 0.1) is 24.5 Å². The molecule has 0 spiro atoms. The van der Waals surface area contributed by atoms with E-state index in [0.29, 0.717) is 12.8 Å². The number of carbonyl (C=O) groups excluding carboxylic acids is 3. The van der Waals surface area contributed by atoms with Crippen molar-refractivity contribution in [3.8, 4) is 0 Å². The summed E-state index contributed by atoms with van der Waals surface area (Å²) in [7, 11) is 0. The third kappa shape index (κ3) is 5.76. The van der Waals surface area contributed by atoms with Gasteiger partial charge >= 0.3 is 12.1 Å². The predicted molar refractivity (Wildman–Crippen MR) is 118 cm³/mol. The fourth-order valence-electron chi connectivity index (χ4n) is 4.42. The second-order valence-corrected chi connectivity index (χ2v) is 9.69. The molecule has 1 aliphatic heterocycles. The number of aliphatic hydroxyl groups is 1. The van der Waals surface area contributed by atoms with Gasteiger partial charge in [-0.1, -0.05) is 49.4 Å². The highest BCUT2D eigenvalue weighted by molar-refractivity contribution is 5.95. The Morgan fingerprint density at radius 2 is 1.94 bits per heavy atom. The van der Waals surface area contributed by atoms with E-state index in [2.05, 4.69) is 0 Å². The van der Waals surface area contributed by atoms with E-state index in [1.54, 1.807) is 6.92 Å². The summed E-state index contributed by atoms with van der Waals surface area (Å²) in [6.07, 6.45) is 3.33. The highest BCUT2D eigenvalue weighted by Gasteiger charge is 2.44. The molecule has 32 heavy (non-hydrogen) atoms. The summed E-state index contributed by atoms with van der Waals surface area (Å²) in [6, 6.07) is 9.19. The van der Waals surface area contributed by atoms with Gasteiger partial charge in [-0.2, -0.15) is 0 Å². The Morgan fingerprint density at radius 3 is 2.59 bits per heavy atom. The van der Waals surface area contributed by atoms with Gasteiger partial charge in [0, 0.05) is 0 Å². The molecule has 1 aliphatic carbocycles. The summed E-state index contributed by atoms with van der Waals surface area (Å²) < 4.78 is 10.6. The van der Waals surface area contributed by atoms with E-state index in [1.165, 1.54) is 0 Å². The maximum atomic E-state index is 13.2. The Bertz CT molecular complexity index is 859. The molecular formula is C25H33NO6. The fourth-order valence-corrected chi connectivity index (χ4v) is 4.42. The normalized spacial score (nSPS) is 24.8. The second-order valence-electron chi connectivity index (χ2n) is 9.69. The average Bonchev–Trinajstić information content (AvgIpc) is 3.32. The van der Waals surface area contributed by atoms with Crippen molar-refractivity contribution >= 4 is 18.0 Å². The first-order valence-electron chi connectivity index (χ1n) is 11.2. The monoisotopic (exact) mass is 443 g/mol. The van der Waals surface area contributed by atoms with Crippen LogP contribution in [0.5, 0.6) is 0 Å². The number of hydrogen-bond acceptors (Lipinski definition) is 6. The lowest BCUT2D eigenvalue weighted by Crippen LogP contribution is -2.47. The quantitative estimate of drug-likeness (QED) is 0.512. The van der Waals surface area contributed by atoms with Crippen LogP contribution in [0, 0.1) is 17.8 Å². The van der Waals surface area contributed by atoms with Gasteiger partial charge < -0.3 is 14.6 Å². The van der Waals surface area contributed by atoms with E-state index < -0.39 is 35.7 Å². The van der Waals surface area contributed by atoms with Crippen molar-refractivity contribution in [1.82, 2.24) is 4.90 Å². The topological polar surface area (TPSA) is 93.1 Å². The van der Waals surface area contributed by atoms with Crippen LogP contribution in [-0.4, -0.2) is 52.3 Å². The van der Waals surface area contributed by atoms with Crippen LogP contribution >= 0.6 is 0 Å². The molecule has 1 aromatic carbocycles. The number of allylic oxidation sites excluding steroid dienone is 2. The summed E-state index contributed by atoms with van der Waals surface area (Å²) in [5, 5.41) is 11.0. The van der Waals surface area contributed by atoms with Crippen LogP contribution in [0.4, 0.5) is 4.79 Å². The zero-order chi connectivity index (χ0) is 23.5. The molecule has 0 aromatic heterocycles. The van der Waals surface area contributed by atoms with Crippen molar-refractivity contribution in [3.63, 3.8) is 0 Å². The number of ether oxygens (including phenoxy) is 2. The minimum Gasteiger partial charge on any atom is -0.460 e. The number of esters is 1. The van der Waals surface area contributed by atoms with Gasteiger partial charge in [-0.3, -0.25) is 9.59 Å². The summed E-state index contributed by atoms with van der Waals surface area (Å²) in [5.74, 6) is -2.13. The largest absolute Gasteiger partial charge is 0.460 e. The van der Waals surface area contributed by atoms with Crippen LogP contribution in [0.3, 0.4) is 0 Å². The molecular weight excluding hydrogens is 410 g/mol. The number of aliphatic hydroxyl groups excluding tert-OH is 1. The van der Waals surface area contributed by atoms with E-state index in [4.69, 9.17) is 9.47 Å². The molecule has 0 radical (unpaired) electrons. The Hall–Kier alpha value is -2.67. The predicted octanol–water partition coefficient (Wildman–Crippen LogP) is 3.50.